The van der Waals surface area contributed by atoms with Crippen molar-refractivity contribution in [2.75, 3.05) is 31.4 Å². The Bertz CT molecular complexity index is 1090. The number of rotatable bonds is 5. The SMILES string of the molecule is COc1cccc(NC(=O)C[C@H]2CC[C@@H]3[C@@H](COc4ccc(NC(C)=O)cc4C(=O)N3C)O2)c1. The van der Waals surface area contributed by atoms with Crippen LogP contribution < -0.4 is 20.1 Å². The summed E-state index contributed by atoms with van der Waals surface area (Å²) in [6.45, 7) is 1.67. The van der Waals surface area contributed by atoms with E-state index in [9.17, 15) is 14.4 Å². The average Bonchev–Trinajstić information content (AvgIpc) is 2.81. The minimum atomic E-state index is -0.361. The van der Waals surface area contributed by atoms with Crippen molar-refractivity contribution >= 4 is 29.1 Å². The predicted molar refractivity (Wildman–Crippen MR) is 126 cm³/mol. The molecule has 2 N–H and O–H groups in total. The fourth-order valence-corrected chi connectivity index (χ4v) is 4.43. The van der Waals surface area contributed by atoms with Crippen molar-refractivity contribution in [3.63, 3.8) is 0 Å². The first-order valence-electron chi connectivity index (χ1n) is 11.2. The van der Waals surface area contributed by atoms with Crippen molar-refractivity contribution < 1.29 is 28.6 Å². The molecule has 2 aliphatic rings. The number of nitrogens with one attached hydrogen (secondary N) is 2. The molecule has 0 aliphatic carbocycles. The van der Waals surface area contributed by atoms with E-state index in [2.05, 4.69) is 10.6 Å². The number of likely N-dealkylation sites (N-methyl/N-ethyl adjacent to an activating group) is 1. The number of benzene rings is 2. The fraction of sp³-hybridized carbons (Fsp3) is 0.400. The standard InChI is InChI=1S/C25H29N3O6/c1-15(29)26-17-7-10-22-20(12-17)25(31)28(2)21-9-8-19(34-23(21)14-33-22)13-24(30)27-16-5-4-6-18(11-16)32-3/h4-7,10-12,19,21,23H,8-9,13-14H2,1-3H3,(H,26,29)(H,27,30)/t19-,21-,23-/m1/s1. The lowest BCUT2D eigenvalue weighted by molar-refractivity contribution is -0.130. The molecule has 1 fully saturated rings. The lowest BCUT2D eigenvalue weighted by atomic mass is 9.94. The van der Waals surface area contributed by atoms with Crippen LogP contribution in [0, 0.1) is 0 Å². The van der Waals surface area contributed by atoms with Gasteiger partial charge in [0.05, 0.1) is 31.2 Å². The quantitative estimate of drug-likeness (QED) is 0.700. The highest BCUT2D eigenvalue weighted by atomic mass is 16.5. The smallest absolute Gasteiger partial charge is 0.257 e. The summed E-state index contributed by atoms with van der Waals surface area (Å²) in [7, 11) is 3.33. The second-order valence-corrected chi connectivity index (χ2v) is 8.54. The van der Waals surface area contributed by atoms with Gasteiger partial charge in [-0.3, -0.25) is 14.4 Å². The third-order valence-corrected chi connectivity index (χ3v) is 6.10. The molecular weight excluding hydrogens is 438 g/mol. The summed E-state index contributed by atoms with van der Waals surface area (Å²) >= 11 is 0. The number of anilines is 2. The molecule has 180 valence electrons. The van der Waals surface area contributed by atoms with E-state index in [0.29, 0.717) is 41.3 Å². The lowest BCUT2D eigenvalue weighted by Crippen LogP contribution is -2.53. The van der Waals surface area contributed by atoms with Crippen LogP contribution in [0.1, 0.15) is 36.5 Å². The van der Waals surface area contributed by atoms with Crippen LogP contribution in [0.4, 0.5) is 11.4 Å². The number of hydrogen-bond donors (Lipinski definition) is 2. The second kappa shape index (κ2) is 10.1. The Balaban J connectivity index is 1.42. The van der Waals surface area contributed by atoms with Crippen molar-refractivity contribution in [2.24, 2.45) is 0 Å². The maximum atomic E-state index is 13.2. The number of carbonyl (C=O) groups excluding carboxylic acids is 3. The van der Waals surface area contributed by atoms with Gasteiger partial charge in [-0.25, -0.2) is 0 Å². The summed E-state index contributed by atoms with van der Waals surface area (Å²) < 4.78 is 17.4. The number of hydrogen-bond acceptors (Lipinski definition) is 6. The van der Waals surface area contributed by atoms with Gasteiger partial charge in [-0.1, -0.05) is 6.07 Å². The summed E-state index contributed by atoms with van der Waals surface area (Å²) in [5.74, 6) is 0.539. The molecule has 0 aromatic heterocycles. The molecule has 2 aromatic rings. The Hall–Kier alpha value is -3.59. The summed E-state index contributed by atoms with van der Waals surface area (Å²) in [6, 6.07) is 12.0. The van der Waals surface area contributed by atoms with Gasteiger partial charge in [0.15, 0.2) is 0 Å². The summed E-state index contributed by atoms with van der Waals surface area (Å²) in [5, 5.41) is 5.58. The molecule has 3 atom stereocenters. The molecule has 9 heteroatoms. The molecule has 0 spiro atoms. The number of amides is 3. The zero-order valence-corrected chi connectivity index (χ0v) is 19.5. The Kier molecular flexibility index (Phi) is 7.02. The molecule has 9 nitrogen and oxygen atoms in total. The van der Waals surface area contributed by atoms with E-state index in [-0.39, 0.29) is 49.0 Å². The first-order valence-corrected chi connectivity index (χ1v) is 11.2. The number of fused-ring (bicyclic) bond motifs is 2. The second-order valence-electron chi connectivity index (χ2n) is 8.54. The minimum absolute atomic E-state index is 0.149. The molecule has 1 saturated heterocycles. The molecule has 0 bridgehead atoms. The topological polar surface area (TPSA) is 106 Å². The largest absolute Gasteiger partial charge is 0.497 e. The van der Waals surface area contributed by atoms with E-state index in [1.54, 1.807) is 49.4 Å². The highest BCUT2D eigenvalue weighted by molar-refractivity contribution is 5.99. The number of methoxy groups -OCH3 is 1. The first kappa shape index (κ1) is 23.6. The van der Waals surface area contributed by atoms with Crippen molar-refractivity contribution in [3.05, 3.63) is 48.0 Å². The Morgan fingerprint density at radius 3 is 2.68 bits per heavy atom. The highest BCUT2D eigenvalue weighted by Crippen LogP contribution is 2.32. The normalized spacial score (nSPS) is 21.8. The van der Waals surface area contributed by atoms with Gasteiger partial charge in [0.25, 0.3) is 5.91 Å². The number of carbonyl (C=O) groups is 3. The van der Waals surface area contributed by atoms with E-state index in [1.165, 1.54) is 6.92 Å². The maximum absolute atomic E-state index is 13.2. The van der Waals surface area contributed by atoms with Gasteiger partial charge >= 0.3 is 0 Å². The van der Waals surface area contributed by atoms with Crippen LogP contribution in [0.2, 0.25) is 0 Å². The molecule has 0 radical (unpaired) electrons. The minimum Gasteiger partial charge on any atom is -0.497 e. The average molecular weight is 468 g/mol. The summed E-state index contributed by atoms with van der Waals surface area (Å²) in [5.41, 5.74) is 1.59. The van der Waals surface area contributed by atoms with Gasteiger partial charge in [0, 0.05) is 31.4 Å². The molecule has 0 saturated carbocycles. The van der Waals surface area contributed by atoms with E-state index in [1.807, 2.05) is 12.1 Å². The Morgan fingerprint density at radius 2 is 1.91 bits per heavy atom. The number of nitrogens with zero attached hydrogens (tertiary/aromatic N) is 1. The van der Waals surface area contributed by atoms with E-state index in [4.69, 9.17) is 14.2 Å². The molecular formula is C25H29N3O6. The first-order chi connectivity index (χ1) is 16.3. The van der Waals surface area contributed by atoms with Crippen LogP contribution in [0.25, 0.3) is 0 Å². The van der Waals surface area contributed by atoms with Gasteiger partial charge in [0.1, 0.15) is 24.2 Å². The van der Waals surface area contributed by atoms with Crippen LogP contribution >= 0.6 is 0 Å². The molecule has 0 unspecified atom stereocenters. The van der Waals surface area contributed by atoms with E-state index in [0.717, 1.165) is 0 Å². The third kappa shape index (κ3) is 5.31. The lowest BCUT2D eigenvalue weighted by Gasteiger charge is -2.42. The van der Waals surface area contributed by atoms with Crippen LogP contribution in [0.5, 0.6) is 11.5 Å². The molecule has 3 amide bonds. The molecule has 2 heterocycles. The van der Waals surface area contributed by atoms with Crippen molar-refractivity contribution in [1.29, 1.82) is 0 Å². The monoisotopic (exact) mass is 467 g/mol. The highest BCUT2D eigenvalue weighted by Gasteiger charge is 2.39. The number of ether oxygens (including phenoxy) is 3. The van der Waals surface area contributed by atoms with Gasteiger partial charge < -0.3 is 29.7 Å². The Labute approximate surface area is 198 Å². The molecule has 4 rings (SSSR count). The Morgan fingerprint density at radius 1 is 1.12 bits per heavy atom. The van der Waals surface area contributed by atoms with Crippen LogP contribution in [-0.2, 0) is 14.3 Å². The zero-order valence-electron chi connectivity index (χ0n) is 19.5. The molecule has 34 heavy (non-hydrogen) atoms. The molecule has 2 aromatic carbocycles. The van der Waals surface area contributed by atoms with Crippen molar-refractivity contribution in [1.82, 2.24) is 4.90 Å². The van der Waals surface area contributed by atoms with Crippen molar-refractivity contribution in [2.45, 2.75) is 44.4 Å². The van der Waals surface area contributed by atoms with E-state index < -0.39 is 0 Å². The predicted octanol–water partition coefficient (Wildman–Crippen LogP) is 3.06. The summed E-state index contributed by atoms with van der Waals surface area (Å²) in [6.07, 6.45) is 0.895. The van der Waals surface area contributed by atoms with E-state index >= 15 is 0 Å². The van der Waals surface area contributed by atoms with Crippen molar-refractivity contribution in [3.8, 4) is 11.5 Å². The van der Waals surface area contributed by atoms with Gasteiger partial charge in [-0.05, 0) is 43.2 Å². The van der Waals surface area contributed by atoms with Gasteiger partial charge in [-0.15, -0.1) is 0 Å². The molecule has 2 aliphatic heterocycles. The van der Waals surface area contributed by atoms with Gasteiger partial charge in [-0.2, -0.15) is 0 Å². The third-order valence-electron chi connectivity index (χ3n) is 6.10. The maximum Gasteiger partial charge on any atom is 0.257 e. The van der Waals surface area contributed by atoms with Crippen LogP contribution in [0.3, 0.4) is 0 Å². The van der Waals surface area contributed by atoms with Crippen LogP contribution in [0.15, 0.2) is 42.5 Å². The van der Waals surface area contributed by atoms with Crippen LogP contribution in [-0.4, -0.2) is 61.6 Å². The zero-order chi connectivity index (χ0) is 24.2. The van der Waals surface area contributed by atoms with Gasteiger partial charge in [0.2, 0.25) is 11.8 Å². The summed E-state index contributed by atoms with van der Waals surface area (Å²) in [4.78, 5) is 38.9. The fourth-order valence-electron chi connectivity index (χ4n) is 4.43.